The first-order valence-corrected chi connectivity index (χ1v) is 13.8. The van der Waals surface area contributed by atoms with Crippen LogP contribution in [0.2, 0.25) is 0 Å². The standard InChI is InChI=1S/C26H27FN2O3S2/c27-23-10-6-21(7-11-23)19-34(31,32)29-16-14-22(15-17-29)26(30)28-24-12-8-20(9-13-24)18-33-25-4-2-1-3-5-25/h1-13,22H,14-19H2,(H,28,30). The van der Waals surface area contributed by atoms with Gasteiger partial charge in [0.05, 0.1) is 5.75 Å². The van der Waals surface area contributed by atoms with Gasteiger partial charge in [-0.1, -0.05) is 42.5 Å². The second-order valence-corrected chi connectivity index (χ2v) is 11.4. The Morgan fingerprint density at radius 1 is 0.912 bits per heavy atom. The predicted octanol–water partition coefficient (Wildman–Crippen LogP) is 5.30. The van der Waals surface area contributed by atoms with Gasteiger partial charge < -0.3 is 5.32 Å². The molecule has 0 spiro atoms. The van der Waals surface area contributed by atoms with Crippen molar-refractivity contribution < 1.29 is 17.6 Å². The van der Waals surface area contributed by atoms with Gasteiger partial charge in [0, 0.05) is 35.3 Å². The van der Waals surface area contributed by atoms with Gasteiger partial charge in [-0.3, -0.25) is 4.79 Å². The van der Waals surface area contributed by atoms with Crippen LogP contribution in [0.3, 0.4) is 0 Å². The molecule has 8 heteroatoms. The Morgan fingerprint density at radius 2 is 1.53 bits per heavy atom. The Morgan fingerprint density at radius 3 is 2.18 bits per heavy atom. The summed E-state index contributed by atoms with van der Waals surface area (Å²) in [6.07, 6.45) is 0.945. The van der Waals surface area contributed by atoms with Crippen molar-refractivity contribution in [1.29, 1.82) is 0 Å². The van der Waals surface area contributed by atoms with E-state index in [0.29, 0.717) is 31.5 Å². The highest BCUT2D eigenvalue weighted by atomic mass is 32.2. The second-order valence-electron chi connectivity index (χ2n) is 8.34. The molecule has 34 heavy (non-hydrogen) atoms. The molecule has 1 aliphatic heterocycles. The van der Waals surface area contributed by atoms with Gasteiger partial charge in [-0.05, 0) is 60.4 Å². The first-order chi connectivity index (χ1) is 16.4. The number of sulfonamides is 1. The van der Waals surface area contributed by atoms with Crippen molar-refractivity contribution in [3.8, 4) is 0 Å². The maximum absolute atomic E-state index is 13.1. The molecule has 4 rings (SSSR count). The van der Waals surface area contributed by atoms with Gasteiger partial charge in [0.15, 0.2) is 0 Å². The summed E-state index contributed by atoms with van der Waals surface area (Å²) in [5.41, 5.74) is 2.46. The second kappa shape index (κ2) is 11.2. The Kier molecular flexibility index (Phi) is 8.03. The Hall–Kier alpha value is -2.68. The molecule has 1 N–H and O–H groups in total. The quantitative estimate of drug-likeness (QED) is 0.428. The van der Waals surface area contributed by atoms with Crippen molar-refractivity contribution in [2.24, 2.45) is 5.92 Å². The minimum absolute atomic E-state index is 0.0815. The normalized spacial score (nSPS) is 15.2. The molecule has 1 saturated heterocycles. The van der Waals surface area contributed by atoms with Gasteiger partial charge in [0.25, 0.3) is 0 Å². The van der Waals surface area contributed by atoms with E-state index >= 15 is 0 Å². The smallest absolute Gasteiger partial charge is 0.227 e. The number of benzene rings is 3. The van der Waals surface area contributed by atoms with Crippen molar-refractivity contribution in [2.45, 2.75) is 29.2 Å². The summed E-state index contributed by atoms with van der Waals surface area (Å²) in [5, 5.41) is 2.96. The van der Waals surface area contributed by atoms with Crippen LogP contribution in [0.25, 0.3) is 0 Å². The van der Waals surface area contributed by atoms with Crippen LogP contribution in [0, 0.1) is 11.7 Å². The fourth-order valence-electron chi connectivity index (χ4n) is 3.89. The number of hydrogen-bond donors (Lipinski definition) is 1. The Bertz CT molecular complexity index is 1190. The van der Waals surface area contributed by atoms with Crippen molar-refractivity contribution in [2.75, 3.05) is 18.4 Å². The van der Waals surface area contributed by atoms with Crippen LogP contribution in [0.4, 0.5) is 10.1 Å². The number of nitrogens with one attached hydrogen (secondary N) is 1. The van der Waals surface area contributed by atoms with E-state index in [1.807, 2.05) is 42.5 Å². The summed E-state index contributed by atoms with van der Waals surface area (Å²) < 4.78 is 39.9. The van der Waals surface area contributed by atoms with Crippen LogP contribution in [0.1, 0.15) is 24.0 Å². The Balaban J connectivity index is 1.25. The van der Waals surface area contributed by atoms with Gasteiger partial charge in [0.1, 0.15) is 5.82 Å². The minimum atomic E-state index is -3.51. The molecule has 5 nitrogen and oxygen atoms in total. The number of carbonyl (C=O) groups is 1. The molecular formula is C26H27FN2O3S2. The maximum atomic E-state index is 13.1. The summed E-state index contributed by atoms with van der Waals surface area (Å²) in [5.74, 6) is -0.0245. The first-order valence-electron chi connectivity index (χ1n) is 11.2. The number of piperidine rings is 1. The molecule has 0 aliphatic carbocycles. The van der Waals surface area contributed by atoms with Gasteiger partial charge in [0.2, 0.25) is 15.9 Å². The third kappa shape index (κ3) is 6.68. The van der Waals surface area contributed by atoms with Crippen molar-refractivity contribution in [3.63, 3.8) is 0 Å². The van der Waals surface area contributed by atoms with Crippen LogP contribution in [-0.2, 0) is 26.3 Å². The maximum Gasteiger partial charge on any atom is 0.227 e. The van der Waals surface area contributed by atoms with Crippen molar-refractivity contribution in [1.82, 2.24) is 4.31 Å². The van der Waals surface area contributed by atoms with Gasteiger partial charge in [-0.25, -0.2) is 17.1 Å². The molecule has 0 radical (unpaired) electrons. The zero-order chi connectivity index (χ0) is 24.0. The third-order valence-corrected chi connectivity index (χ3v) is 8.78. The molecule has 1 amide bonds. The average Bonchev–Trinajstić information content (AvgIpc) is 2.85. The number of amides is 1. The number of hydrogen-bond acceptors (Lipinski definition) is 4. The van der Waals surface area contributed by atoms with E-state index in [2.05, 4.69) is 17.4 Å². The minimum Gasteiger partial charge on any atom is -0.326 e. The fraction of sp³-hybridized carbons (Fsp3) is 0.269. The van der Waals surface area contributed by atoms with E-state index in [4.69, 9.17) is 0 Å². The van der Waals surface area contributed by atoms with E-state index in [9.17, 15) is 17.6 Å². The average molecular weight is 499 g/mol. The molecule has 0 aromatic heterocycles. The summed E-state index contributed by atoms with van der Waals surface area (Å²) in [4.78, 5) is 13.9. The number of halogens is 1. The highest BCUT2D eigenvalue weighted by molar-refractivity contribution is 7.98. The SMILES string of the molecule is O=C(Nc1ccc(CSc2ccccc2)cc1)C1CCN(S(=O)(=O)Cc2ccc(F)cc2)CC1. The van der Waals surface area contributed by atoms with E-state index in [1.54, 1.807) is 11.8 Å². The van der Waals surface area contributed by atoms with Crippen molar-refractivity contribution >= 4 is 33.4 Å². The molecule has 0 saturated carbocycles. The number of thioether (sulfide) groups is 1. The zero-order valence-electron chi connectivity index (χ0n) is 18.7. The van der Waals surface area contributed by atoms with Gasteiger partial charge >= 0.3 is 0 Å². The number of anilines is 1. The number of rotatable bonds is 8. The largest absolute Gasteiger partial charge is 0.326 e. The predicted molar refractivity (Wildman–Crippen MR) is 134 cm³/mol. The van der Waals surface area contributed by atoms with E-state index in [-0.39, 0.29) is 17.6 Å². The lowest BCUT2D eigenvalue weighted by atomic mass is 9.97. The van der Waals surface area contributed by atoms with E-state index < -0.39 is 15.8 Å². The fourth-order valence-corrected chi connectivity index (χ4v) is 6.33. The molecule has 0 unspecified atom stereocenters. The summed E-state index contributed by atoms with van der Waals surface area (Å²) in [6.45, 7) is 0.606. The van der Waals surface area contributed by atoms with E-state index in [0.717, 1.165) is 11.4 Å². The molecule has 178 valence electrons. The van der Waals surface area contributed by atoms with Crippen LogP contribution in [0.5, 0.6) is 0 Å². The van der Waals surface area contributed by atoms with Gasteiger partial charge in [-0.15, -0.1) is 11.8 Å². The Labute approximate surface area is 204 Å². The summed E-state index contributed by atoms with van der Waals surface area (Å²) >= 11 is 1.76. The lowest BCUT2D eigenvalue weighted by Crippen LogP contribution is -2.41. The number of carbonyl (C=O) groups excluding carboxylic acids is 1. The van der Waals surface area contributed by atoms with Crippen LogP contribution in [0.15, 0.2) is 83.8 Å². The van der Waals surface area contributed by atoms with Crippen LogP contribution in [-0.4, -0.2) is 31.7 Å². The zero-order valence-corrected chi connectivity index (χ0v) is 20.3. The molecule has 1 heterocycles. The van der Waals surface area contributed by atoms with Crippen LogP contribution >= 0.6 is 11.8 Å². The van der Waals surface area contributed by atoms with Gasteiger partial charge in [-0.2, -0.15) is 0 Å². The molecule has 3 aromatic rings. The monoisotopic (exact) mass is 498 g/mol. The molecule has 0 bridgehead atoms. The lowest BCUT2D eigenvalue weighted by molar-refractivity contribution is -0.120. The lowest BCUT2D eigenvalue weighted by Gasteiger charge is -2.30. The number of nitrogens with zero attached hydrogens (tertiary/aromatic N) is 1. The molecule has 3 aromatic carbocycles. The molecule has 1 aliphatic rings. The highest BCUT2D eigenvalue weighted by Crippen LogP contribution is 2.25. The molecule has 1 fully saturated rings. The summed E-state index contributed by atoms with van der Waals surface area (Å²) in [7, 11) is -3.51. The van der Waals surface area contributed by atoms with Crippen molar-refractivity contribution in [3.05, 3.63) is 95.8 Å². The molecule has 0 atom stereocenters. The summed E-state index contributed by atoms with van der Waals surface area (Å²) in [6, 6.07) is 23.5. The van der Waals surface area contributed by atoms with E-state index in [1.165, 1.54) is 39.0 Å². The first kappa shape index (κ1) is 24.4. The highest BCUT2D eigenvalue weighted by Gasteiger charge is 2.31. The molecular weight excluding hydrogens is 471 g/mol. The topological polar surface area (TPSA) is 66.5 Å². The third-order valence-electron chi connectivity index (χ3n) is 5.85. The van der Waals surface area contributed by atoms with Crippen LogP contribution < -0.4 is 5.32 Å².